The third kappa shape index (κ3) is 3.61. The van der Waals surface area contributed by atoms with Gasteiger partial charge in [-0.2, -0.15) is 0 Å². The van der Waals surface area contributed by atoms with Crippen molar-refractivity contribution in [2.24, 2.45) is 0 Å². The lowest BCUT2D eigenvalue weighted by molar-refractivity contribution is -0.120. The summed E-state index contributed by atoms with van der Waals surface area (Å²) in [7, 11) is 1.46. The number of nitrogens with two attached hydrogens (primary N) is 1. The summed E-state index contributed by atoms with van der Waals surface area (Å²) in [5.41, 5.74) is 6.48. The number of carbonyl (C=O) groups excluding carboxylic acids is 2. The first-order valence-corrected chi connectivity index (χ1v) is 6.11. The van der Waals surface area contributed by atoms with Crippen LogP contribution in [0.1, 0.15) is 23.2 Å². The van der Waals surface area contributed by atoms with E-state index in [4.69, 9.17) is 10.5 Å². The van der Waals surface area contributed by atoms with Crippen LogP contribution in [0.25, 0.3) is 0 Å². The molecule has 0 heterocycles. The maximum Gasteiger partial charge on any atom is 0.255 e. The molecule has 6 heteroatoms. The van der Waals surface area contributed by atoms with E-state index in [9.17, 15) is 9.59 Å². The summed E-state index contributed by atoms with van der Waals surface area (Å²) in [4.78, 5) is 23.4. The van der Waals surface area contributed by atoms with Crippen molar-refractivity contribution < 1.29 is 14.3 Å². The fourth-order valence-corrected chi connectivity index (χ4v) is 1.66. The largest absolute Gasteiger partial charge is 0.496 e. The van der Waals surface area contributed by atoms with Gasteiger partial charge < -0.3 is 21.1 Å². The number of carbonyl (C=O) groups is 2. The third-order valence-electron chi connectivity index (χ3n) is 2.82. The highest BCUT2D eigenvalue weighted by atomic mass is 16.5. The normalized spacial score (nSPS) is 13.7. The van der Waals surface area contributed by atoms with Crippen LogP contribution in [0.3, 0.4) is 0 Å². The van der Waals surface area contributed by atoms with Crippen molar-refractivity contribution in [3.8, 4) is 5.75 Å². The number of anilines is 1. The van der Waals surface area contributed by atoms with Crippen molar-refractivity contribution in [2.45, 2.75) is 18.9 Å². The fourth-order valence-electron chi connectivity index (χ4n) is 1.66. The van der Waals surface area contributed by atoms with E-state index in [2.05, 4.69) is 10.6 Å². The van der Waals surface area contributed by atoms with Crippen molar-refractivity contribution in [3.05, 3.63) is 23.8 Å². The minimum absolute atomic E-state index is 0.0388. The topological polar surface area (TPSA) is 93.4 Å². The molecule has 0 unspecified atom stereocenters. The Balaban J connectivity index is 1.93. The van der Waals surface area contributed by atoms with E-state index in [1.54, 1.807) is 18.2 Å². The number of amides is 2. The Hall–Kier alpha value is -2.24. The molecule has 1 fully saturated rings. The van der Waals surface area contributed by atoms with Gasteiger partial charge in [0, 0.05) is 17.8 Å². The molecule has 0 spiro atoms. The molecule has 0 atom stereocenters. The molecule has 1 aromatic carbocycles. The lowest BCUT2D eigenvalue weighted by Crippen LogP contribution is -2.37. The van der Waals surface area contributed by atoms with Crippen LogP contribution in [0.5, 0.6) is 5.75 Å². The number of methoxy groups -OCH3 is 1. The van der Waals surface area contributed by atoms with Crippen LogP contribution in [-0.4, -0.2) is 31.5 Å². The van der Waals surface area contributed by atoms with E-state index in [-0.39, 0.29) is 24.4 Å². The summed E-state index contributed by atoms with van der Waals surface area (Å²) in [5, 5.41) is 5.35. The Morgan fingerprint density at radius 3 is 2.79 bits per heavy atom. The zero-order valence-electron chi connectivity index (χ0n) is 10.7. The second-order valence-electron chi connectivity index (χ2n) is 4.48. The summed E-state index contributed by atoms with van der Waals surface area (Å²) in [6.07, 6.45) is 2.04. The van der Waals surface area contributed by atoms with Crippen molar-refractivity contribution >= 4 is 17.5 Å². The van der Waals surface area contributed by atoms with E-state index >= 15 is 0 Å². The fraction of sp³-hybridized carbons (Fsp3) is 0.385. The Bertz CT molecular complexity index is 498. The minimum Gasteiger partial charge on any atom is -0.496 e. The van der Waals surface area contributed by atoms with Gasteiger partial charge in [0.2, 0.25) is 5.91 Å². The van der Waals surface area contributed by atoms with Crippen LogP contribution in [0.2, 0.25) is 0 Å². The highest BCUT2D eigenvalue weighted by molar-refractivity contribution is 5.99. The van der Waals surface area contributed by atoms with E-state index in [1.165, 1.54) is 7.11 Å². The summed E-state index contributed by atoms with van der Waals surface area (Å²) in [6.45, 7) is -0.0388. The molecule has 6 nitrogen and oxygen atoms in total. The number of benzene rings is 1. The molecule has 2 rings (SSSR count). The Morgan fingerprint density at radius 1 is 1.42 bits per heavy atom. The standard InChI is InChI=1S/C13H17N3O3/c1-19-11-6-8(14)2-5-10(11)13(18)15-7-12(17)16-9-3-4-9/h2,5-6,9H,3-4,7,14H2,1H3,(H,15,18)(H,16,17). The molecule has 0 aliphatic heterocycles. The van der Waals surface area contributed by atoms with Gasteiger partial charge in [-0.15, -0.1) is 0 Å². The molecular formula is C13H17N3O3. The van der Waals surface area contributed by atoms with E-state index in [1.807, 2.05) is 0 Å². The molecule has 0 bridgehead atoms. The van der Waals surface area contributed by atoms with E-state index < -0.39 is 0 Å². The lowest BCUT2D eigenvalue weighted by Gasteiger charge is -2.10. The maximum absolute atomic E-state index is 11.9. The zero-order chi connectivity index (χ0) is 13.8. The summed E-state index contributed by atoms with van der Waals surface area (Å²) < 4.78 is 5.09. The van der Waals surface area contributed by atoms with Crippen LogP contribution < -0.4 is 21.1 Å². The van der Waals surface area contributed by atoms with Gasteiger partial charge in [-0.05, 0) is 25.0 Å². The molecule has 2 amide bonds. The van der Waals surface area contributed by atoms with Gasteiger partial charge >= 0.3 is 0 Å². The van der Waals surface area contributed by atoms with Crippen LogP contribution >= 0.6 is 0 Å². The van der Waals surface area contributed by atoms with Crippen molar-refractivity contribution in [3.63, 3.8) is 0 Å². The number of hydrogen-bond donors (Lipinski definition) is 3. The third-order valence-corrected chi connectivity index (χ3v) is 2.82. The first-order valence-electron chi connectivity index (χ1n) is 6.11. The second kappa shape index (κ2) is 5.60. The van der Waals surface area contributed by atoms with Gasteiger partial charge in [0.1, 0.15) is 5.75 Å². The average molecular weight is 263 g/mol. The summed E-state index contributed by atoms with van der Waals surface area (Å²) in [5.74, 6) is -0.145. The maximum atomic E-state index is 11.9. The molecule has 1 saturated carbocycles. The van der Waals surface area contributed by atoms with Crippen LogP contribution in [0.4, 0.5) is 5.69 Å². The predicted octanol–water partition coefficient (Wildman–Crippen LogP) is 0.286. The molecule has 1 aliphatic carbocycles. The molecule has 0 radical (unpaired) electrons. The number of nitrogen functional groups attached to an aromatic ring is 1. The SMILES string of the molecule is COc1cc(N)ccc1C(=O)NCC(=O)NC1CC1. The first kappa shape index (κ1) is 13.2. The van der Waals surface area contributed by atoms with Gasteiger partial charge in [0.05, 0.1) is 19.2 Å². The summed E-state index contributed by atoms with van der Waals surface area (Å²) >= 11 is 0. The summed E-state index contributed by atoms with van der Waals surface area (Å²) in [6, 6.07) is 5.04. The molecule has 1 aromatic rings. The lowest BCUT2D eigenvalue weighted by atomic mass is 10.1. The van der Waals surface area contributed by atoms with Crippen molar-refractivity contribution in [2.75, 3.05) is 19.4 Å². The van der Waals surface area contributed by atoms with E-state index in [0.29, 0.717) is 17.0 Å². The van der Waals surface area contributed by atoms with Gasteiger partial charge in [0.25, 0.3) is 5.91 Å². The van der Waals surface area contributed by atoms with Gasteiger partial charge in [-0.3, -0.25) is 9.59 Å². The zero-order valence-corrected chi connectivity index (χ0v) is 10.7. The number of ether oxygens (including phenoxy) is 1. The van der Waals surface area contributed by atoms with Gasteiger partial charge in [-0.1, -0.05) is 0 Å². The smallest absolute Gasteiger partial charge is 0.255 e. The first-order chi connectivity index (χ1) is 9.10. The predicted molar refractivity (Wildman–Crippen MR) is 70.9 cm³/mol. The van der Waals surface area contributed by atoms with Crippen LogP contribution in [0, 0.1) is 0 Å². The monoisotopic (exact) mass is 263 g/mol. The molecule has 0 saturated heterocycles. The van der Waals surface area contributed by atoms with Crippen LogP contribution in [0.15, 0.2) is 18.2 Å². The van der Waals surface area contributed by atoms with Crippen molar-refractivity contribution in [1.82, 2.24) is 10.6 Å². The molecule has 19 heavy (non-hydrogen) atoms. The number of nitrogens with one attached hydrogen (secondary N) is 2. The molecule has 4 N–H and O–H groups in total. The number of hydrogen-bond acceptors (Lipinski definition) is 4. The van der Waals surface area contributed by atoms with E-state index in [0.717, 1.165) is 12.8 Å². The minimum atomic E-state index is -0.359. The Labute approximate surface area is 111 Å². The highest BCUT2D eigenvalue weighted by Gasteiger charge is 2.23. The highest BCUT2D eigenvalue weighted by Crippen LogP contribution is 2.21. The number of rotatable bonds is 5. The van der Waals surface area contributed by atoms with Crippen molar-refractivity contribution in [1.29, 1.82) is 0 Å². The average Bonchev–Trinajstić information content (AvgIpc) is 3.19. The van der Waals surface area contributed by atoms with Crippen LogP contribution in [-0.2, 0) is 4.79 Å². The molecule has 1 aliphatic rings. The Morgan fingerprint density at radius 2 is 2.16 bits per heavy atom. The molecule has 0 aromatic heterocycles. The molecular weight excluding hydrogens is 246 g/mol. The molecule has 102 valence electrons. The Kier molecular flexibility index (Phi) is 3.89. The van der Waals surface area contributed by atoms with Gasteiger partial charge in [-0.25, -0.2) is 0 Å². The second-order valence-corrected chi connectivity index (χ2v) is 4.48. The van der Waals surface area contributed by atoms with Gasteiger partial charge in [0.15, 0.2) is 0 Å². The quantitative estimate of drug-likeness (QED) is 0.665.